The molecule has 0 aliphatic heterocycles. The molecule has 2 unspecified atom stereocenters. The number of nitrogens with two attached hydrogens (primary N) is 1. The molecule has 6 nitrogen and oxygen atoms in total. The Kier molecular flexibility index (Phi) is 8.61. The van der Waals surface area contributed by atoms with Crippen LogP contribution in [0, 0.1) is 16.7 Å². The molecule has 0 bridgehead atoms. The van der Waals surface area contributed by atoms with Gasteiger partial charge in [0.2, 0.25) is 5.91 Å². The number of hydrogen-bond acceptors (Lipinski definition) is 5. The van der Waals surface area contributed by atoms with Crippen molar-refractivity contribution in [1.82, 2.24) is 10.6 Å². The standard InChI is InChI=1S/C23H49N3O3/c1-16(21(8,9)22(10,11)25-13)23(12,24)29-15-19(4,5)26-17(27)18(2,3)14-20(6,7)28/h16,25,28H,14-15,24H2,1-13H3,(H,26,27). The van der Waals surface area contributed by atoms with Crippen LogP contribution in [0.1, 0.15) is 89.5 Å². The summed E-state index contributed by atoms with van der Waals surface area (Å²) in [7, 11) is 1.96. The molecule has 2 atom stereocenters. The maximum absolute atomic E-state index is 12.8. The molecule has 0 aliphatic rings. The molecule has 174 valence electrons. The third-order valence-electron chi connectivity index (χ3n) is 6.86. The van der Waals surface area contributed by atoms with Gasteiger partial charge in [0, 0.05) is 16.9 Å². The lowest BCUT2D eigenvalue weighted by atomic mass is 9.63. The van der Waals surface area contributed by atoms with Gasteiger partial charge in [-0.2, -0.15) is 0 Å². The Bertz CT molecular complexity index is 558. The Hall–Kier alpha value is -0.690. The number of carbonyl (C=O) groups excluding carboxylic acids is 1. The Morgan fingerprint density at radius 1 is 1.00 bits per heavy atom. The van der Waals surface area contributed by atoms with Gasteiger partial charge in [0.25, 0.3) is 0 Å². The van der Waals surface area contributed by atoms with E-state index in [1.165, 1.54) is 0 Å². The van der Waals surface area contributed by atoms with Crippen LogP contribution in [0.25, 0.3) is 0 Å². The third-order valence-corrected chi connectivity index (χ3v) is 6.86. The normalized spacial score (nSPS) is 17.6. The summed E-state index contributed by atoms with van der Waals surface area (Å²) in [5, 5.41) is 16.6. The zero-order chi connectivity index (χ0) is 23.7. The molecule has 0 heterocycles. The lowest BCUT2D eigenvalue weighted by molar-refractivity contribution is -0.142. The second kappa shape index (κ2) is 8.81. The smallest absolute Gasteiger partial charge is 0.226 e. The van der Waals surface area contributed by atoms with E-state index < -0.39 is 22.3 Å². The van der Waals surface area contributed by atoms with Crippen LogP contribution in [0.15, 0.2) is 0 Å². The van der Waals surface area contributed by atoms with E-state index in [0.717, 1.165) is 0 Å². The first kappa shape index (κ1) is 28.3. The molecule has 0 spiro atoms. The van der Waals surface area contributed by atoms with E-state index in [1.54, 1.807) is 13.8 Å². The Balaban J connectivity index is 5.21. The van der Waals surface area contributed by atoms with Crippen molar-refractivity contribution < 1.29 is 14.6 Å². The minimum atomic E-state index is -0.918. The van der Waals surface area contributed by atoms with Crippen LogP contribution in [0.4, 0.5) is 0 Å². The van der Waals surface area contributed by atoms with Gasteiger partial charge in [-0.3, -0.25) is 4.79 Å². The number of ether oxygens (including phenoxy) is 1. The van der Waals surface area contributed by atoms with Crippen molar-refractivity contribution in [1.29, 1.82) is 0 Å². The molecule has 0 saturated carbocycles. The van der Waals surface area contributed by atoms with Gasteiger partial charge in [-0.15, -0.1) is 0 Å². The molecule has 0 fully saturated rings. The molecule has 1 amide bonds. The summed E-state index contributed by atoms with van der Waals surface area (Å²) in [4.78, 5) is 12.8. The second-order valence-corrected chi connectivity index (χ2v) is 12.0. The maximum Gasteiger partial charge on any atom is 0.226 e. The van der Waals surface area contributed by atoms with Crippen molar-refractivity contribution in [2.24, 2.45) is 22.5 Å². The second-order valence-electron chi connectivity index (χ2n) is 12.0. The highest BCUT2D eigenvalue weighted by Crippen LogP contribution is 2.42. The molecule has 29 heavy (non-hydrogen) atoms. The van der Waals surface area contributed by atoms with Gasteiger partial charge in [0.1, 0.15) is 5.72 Å². The summed E-state index contributed by atoms with van der Waals surface area (Å²) in [6, 6.07) is 0. The van der Waals surface area contributed by atoms with Gasteiger partial charge in [-0.1, -0.05) is 34.6 Å². The molecule has 0 radical (unpaired) electrons. The summed E-state index contributed by atoms with van der Waals surface area (Å²) in [5.41, 5.74) is 3.23. The Labute approximate surface area is 179 Å². The van der Waals surface area contributed by atoms with Gasteiger partial charge in [0.15, 0.2) is 0 Å². The van der Waals surface area contributed by atoms with E-state index >= 15 is 0 Å². The molecular weight excluding hydrogens is 366 g/mol. The summed E-state index contributed by atoms with van der Waals surface area (Å²) < 4.78 is 6.18. The highest BCUT2D eigenvalue weighted by Gasteiger charge is 2.47. The fourth-order valence-corrected chi connectivity index (χ4v) is 3.72. The van der Waals surface area contributed by atoms with Gasteiger partial charge in [0.05, 0.1) is 17.7 Å². The Morgan fingerprint density at radius 3 is 1.83 bits per heavy atom. The summed E-state index contributed by atoms with van der Waals surface area (Å²) >= 11 is 0. The number of aliphatic hydroxyl groups is 1. The fourth-order valence-electron chi connectivity index (χ4n) is 3.72. The molecule has 5 N–H and O–H groups in total. The van der Waals surface area contributed by atoms with E-state index in [2.05, 4.69) is 45.3 Å². The van der Waals surface area contributed by atoms with Crippen molar-refractivity contribution in [3.05, 3.63) is 0 Å². The summed E-state index contributed by atoms with van der Waals surface area (Å²) in [6.07, 6.45) is 0.363. The van der Waals surface area contributed by atoms with Crippen molar-refractivity contribution >= 4 is 5.91 Å². The minimum Gasteiger partial charge on any atom is -0.390 e. The van der Waals surface area contributed by atoms with E-state index in [9.17, 15) is 9.90 Å². The summed E-state index contributed by atoms with van der Waals surface area (Å²) in [6.45, 7) is 24.0. The average Bonchev–Trinajstić information content (AvgIpc) is 2.49. The fraction of sp³-hybridized carbons (Fsp3) is 0.957. The van der Waals surface area contributed by atoms with Crippen LogP contribution in [0.3, 0.4) is 0 Å². The van der Waals surface area contributed by atoms with E-state index in [-0.39, 0.29) is 29.4 Å². The number of hydrogen-bond donors (Lipinski definition) is 4. The molecule has 0 aromatic heterocycles. The monoisotopic (exact) mass is 415 g/mol. The highest BCUT2D eigenvalue weighted by atomic mass is 16.5. The average molecular weight is 416 g/mol. The molecule has 0 aromatic rings. The minimum absolute atomic E-state index is 0.0376. The van der Waals surface area contributed by atoms with Crippen LogP contribution in [0.2, 0.25) is 0 Å². The lowest BCUT2D eigenvalue weighted by Crippen LogP contribution is -2.62. The third kappa shape index (κ3) is 7.82. The van der Waals surface area contributed by atoms with Gasteiger partial charge >= 0.3 is 0 Å². The molecule has 0 aliphatic carbocycles. The van der Waals surface area contributed by atoms with E-state index in [4.69, 9.17) is 10.5 Å². The number of carbonyl (C=O) groups is 1. The maximum atomic E-state index is 12.8. The van der Waals surface area contributed by atoms with Gasteiger partial charge in [-0.05, 0) is 67.3 Å². The zero-order valence-electron chi connectivity index (χ0n) is 21.3. The van der Waals surface area contributed by atoms with Crippen LogP contribution in [-0.2, 0) is 9.53 Å². The molecular formula is C23H49N3O3. The van der Waals surface area contributed by atoms with E-state index in [1.807, 2.05) is 41.7 Å². The van der Waals surface area contributed by atoms with Crippen LogP contribution in [-0.4, -0.2) is 47.1 Å². The first-order valence-electron chi connectivity index (χ1n) is 10.7. The predicted octanol–water partition coefficient (Wildman–Crippen LogP) is 3.42. The molecule has 0 rings (SSSR count). The highest BCUT2D eigenvalue weighted by molar-refractivity contribution is 5.82. The topological polar surface area (TPSA) is 96.6 Å². The van der Waals surface area contributed by atoms with Crippen molar-refractivity contribution in [3.8, 4) is 0 Å². The van der Waals surface area contributed by atoms with Crippen LogP contribution >= 0.6 is 0 Å². The number of rotatable bonds is 11. The van der Waals surface area contributed by atoms with Gasteiger partial charge < -0.3 is 26.2 Å². The first-order valence-corrected chi connectivity index (χ1v) is 10.7. The van der Waals surface area contributed by atoms with Crippen molar-refractivity contribution in [2.45, 2.75) is 112 Å². The van der Waals surface area contributed by atoms with E-state index in [0.29, 0.717) is 6.42 Å². The van der Waals surface area contributed by atoms with Crippen molar-refractivity contribution in [3.63, 3.8) is 0 Å². The summed E-state index contributed by atoms with van der Waals surface area (Å²) in [5.74, 6) is -0.0766. The zero-order valence-corrected chi connectivity index (χ0v) is 21.3. The van der Waals surface area contributed by atoms with Gasteiger partial charge in [-0.25, -0.2) is 0 Å². The van der Waals surface area contributed by atoms with Crippen molar-refractivity contribution in [2.75, 3.05) is 13.7 Å². The lowest BCUT2D eigenvalue weighted by Gasteiger charge is -2.51. The predicted molar refractivity (Wildman–Crippen MR) is 122 cm³/mol. The number of amides is 1. The number of nitrogens with one attached hydrogen (secondary N) is 2. The largest absolute Gasteiger partial charge is 0.390 e. The Morgan fingerprint density at radius 2 is 1.45 bits per heavy atom. The molecule has 0 saturated heterocycles. The molecule has 6 heteroatoms. The molecule has 0 aromatic carbocycles. The SMILES string of the molecule is CNC(C)(C)C(C)(C)C(C)C(C)(N)OCC(C)(C)NC(=O)C(C)(C)CC(C)(C)O. The quantitative estimate of drug-likeness (QED) is 0.388. The van der Waals surface area contributed by atoms with Crippen LogP contribution < -0.4 is 16.4 Å². The van der Waals surface area contributed by atoms with Crippen LogP contribution in [0.5, 0.6) is 0 Å². The first-order chi connectivity index (χ1) is 12.5.